The summed E-state index contributed by atoms with van der Waals surface area (Å²) in [5, 5.41) is 9.05. The van der Waals surface area contributed by atoms with Crippen molar-refractivity contribution >= 4 is 77.7 Å². The van der Waals surface area contributed by atoms with Crippen LogP contribution >= 0.6 is 17.0 Å². The number of halogens is 2. The second kappa shape index (κ2) is 23.6. The molecule has 103 heavy (non-hydrogen) atoms. The molecule has 8 aromatic rings. The number of ether oxygens (including phenoxy) is 4. The van der Waals surface area contributed by atoms with Crippen LogP contribution in [0.2, 0.25) is 24.1 Å². The van der Waals surface area contributed by atoms with Crippen molar-refractivity contribution in [2.45, 2.75) is 103 Å². The first-order valence-corrected chi connectivity index (χ1v) is 53.4. The fourth-order valence-electron chi connectivity index (χ4n) is 25.1. The molecule has 18 rings (SSSR count). The van der Waals surface area contributed by atoms with E-state index in [0.717, 1.165) is 88.3 Å². The standard InChI is InChI=1S/2C47H44O2Si.2ClH.Zr/c2*1-6-48-44-34-18-10-8-16-32(34)24-26-38(44)36-20-12-14-22-40-42(36)28-30(3)46(40)50(5)47-31(4)29-43-37(21-13-15-23-41(43)47)39-27-25-33-17-9-11-19-35(33)45(39)49-7-2;;;/h2*8-29,36-37,50H,6-7H2,1-5H3;2*1H;/q;;;;+2/p-2. The van der Waals surface area contributed by atoms with E-state index in [2.05, 4.69) is 336 Å². The SMILES string of the molecule is CCOc1c(C2C=CC=CC3=C2C=C(C)[C]32[SiH](C)[C]3(C(C)=CC4=C3C=CC=CC4c3ccc4ccccc4c3OCC)[Zr]23([Cl])([Cl])[C]2(C(C)=CC4=C2C=CC=CC4c2ccc4ccccc4c2OCC)[SiH](C)[C]32C(C)=CC3=C2C=CC=CC3c2ccc3ccccc3c2OCC)ccc2ccccc12. The van der Waals surface area contributed by atoms with Crippen LogP contribution in [0.3, 0.4) is 0 Å². The van der Waals surface area contributed by atoms with Crippen molar-refractivity contribution in [3.05, 3.63) is 356 Å². The van der Waals surface area contributed by atoms with Gasteiger partial charge >= 0.3 is 620 Å². The minimum absolute atomic E-state index is 0.212. The molecule has 8 unspecified atom stereocenters. The van der Waals surface area contributed by atoms with Crippen LogP contribution < -0.4 is 18.9 Å². The zero-order valence-corrected chi connectivity index (χ0v) is 66.9. The molecular weight excluding hydrogens is 1410 g/mol. The van der Waals surface area contributed by atoms with Crippen LogP contribution in [0.5, 0.6) is 23.0 Å². The van der Waals surface area contributed by atoms with E-state index in [1.807, 2.05) is 0 Å². The average molecular weight is 1500 g/mol. The number of rotatable bonds is 12. The molecule has 0 aromatic heterocycles. The van der Waals surface area contributed by atoms with Gasteiger partial charge < -0.3 is 0 Å². The normalized spacial score (nSPS) is 29.6. The third-order valence-electron chi connectivity index (χ3n) is 27.3. The van der Waals surface area contributed by atoms with Crippen molar-refractivity contribution < 1.29 is 33.9 Å². The molecule has 514 valence electrons. The van der Waals surface area contributed by atoms with E-state index in [9.17, 15) is 17.0 Å². The Morgan fingerprint density at radius 3 is 0.767 bits per heavy atom. The van der Waals surface area contributed by atoms with Crippen molar-refractivity contribution in [2.75, 3.05) is 26.4 Å². The molecule has 0 saturated carbocycles. The maximum atomic E-state index is 11.7. The van der Waals surface area contributed by atoms with Crippen LogP contribution in [-0.2, 0) is 14.9 Å². The molecule has 2 fully saturated rings. The zero-order chi connectivity index (χ0) is 70.8. The second-order valence-corrected chi connectivity index (χ2v) is 70.3. The predicted octanol–water partition coefficient (Wildman–Crippen LogP) is 24.9. The van der Waals surface area contributed by atoms with Crippen LogP contribution in [-0.4, -0.2) is 44.0 Å². The summed E-state index contributed by atoms with van der Waals surface area (Å²) >= 11 is -7.95. The van der Waals surface area contributed by atoms with Crippen molar-refractivity contribution in [3.8, 4) is 23.0 Å². The number of hydrogen-bond donors (Lipinski definition) is 0. The van der Waals surface area contributed by atoms with E-state index in [4.69, 9.17) is 18.9 Å². The Labute approximate surface area is 615 Å². The second-order valence-electron chi connectivity index (χ2n) is 30.5. The van der Waals surface area contributed by atoms with Crippen LogP contribution in [0.1, 0.15) is 101 Å². The Hall–Kier alpha value is -8.26. The molecule has 8 atom stereocenters. The van der Waals surface area contributed by atoms with Crippen LogP contribution in [0.4, 0.5) is 0 Å². The van der Waals surface area contributed by atoms with Gasteiger partial charge in [-0.05, 0) is 0 Å². The van der Waals surface area contributed by atoms with Crippen molar-refractivity contribution in [1.29, 1.82) is 0 Å². The summed E-state index contributed by atoms with van der Waals surface area (Å²) in [4.78, 5) is 0. The molecule has 0 amide bonds. The van der Waals surface area contributed by atoms with E-state index in [0.29, 0.717) is 26.4 Å². The molecule has 10 aliphatic rings. The molecule has 2 heterocycles. The Bertz CT molecular complexity index is 5000. The first kappa shape index (κ1) is 66.7. The molecule has 0 N–H and O–H groups in total. The Kier molecular flexibility index (Phi) is 15.3. The fourth-order valence-corrected chi connectivity index (χ4v) is 149. The third kappa shape index (κ3) is 7.53. The molecule has 0 radical (unpaired) electrons. The van der Waals surface area contributed by atoms with Gasteiger partial charge in [0.15, 0.2) is 0 Å². The molecule has 9 heteroatoms. The molecule has 2 saturated heterocycles. The molecular formula is C94H88Cl2O4Si2Zr. The summed E-state index contributed by atoms with van der Waals surface area (Å²) in [6.45, 7) is 26.0. The van der Waals surface area contributed by atoms with Gasteiger partial charge in [-0.15, -0.1) is 0 Å². The van der Waals surface area contributed by atoms with Gasteiger partial charge in [0.2, 0.25) is 0 Å². The topological polar surface area (TPSA) is 36.9 Å². The zero-order valence-electron chi connectivity index (χ0n) is 60.6. The Balaban J connectivity index is 1.03. The minimum atomic E-state index is -7.95. The van der Waals surface area contributed by atoms with Crippen LogP contribution in [0, 0.1) is 0 Å². The molecule has 8 aliphatic carbocycles. The van der Waals surface area contributed by atoms with Gasteiger partial charge in [-0.25, -0.2) is 0 Å². The number of allylic oxidation sites excluding steroid dienone is 32. The first-order chi connectivity index (χ1) is 50.1. The number of benzene rings is 8. The summed E-state index contributed by atoms with van der Waals surface area (Å²) in [5.74, 6) is 2.85. The van der Waals surface area contributed by atoms with Crippen LogP contribution in [0.25, 0.3) is 43.1 Å². The van der Waals surface area contributed by atoms with Gasteiger partial charge in [0, 0.05) is 0 Å². The fraction of sp³-hybridized carbons (Fsp3) is 0.234. The van der Waals surface area contributed by atoms with E-state index in [-0.39, 0.29) is 23.7 Å². The van der Waals surface area contributed by atoms with E-state index in [1.54, 1.807) is 0 Å². The summed E-state index contributed by atoms with van der Waals surface area (Å²) < 4.78 is 24.5. The van der Waals surface area contributed by atoms with Gasteiger partial charge in [-0.1, -0.05) is 0 Å². The molecule has 4 nitrogen and oxygen atoms in total. The van der Waals surface area contributed by atoms with Crippen molar-refractivity contribution in [2.24, 2.45) is 0 Å². The van der Waals surface area contributed by atoms with Crippen molar-refractivity contribution in [1.82, 2.24) is 0 Å². The maximum absolute atomic E-state index is 11.7. The van der Waals surface area contributed by atoms with Crippen LogP contribution in [0.15, 0.2) is 334 Å². The van der Waals surface area contributed by atoms with Crippen molar-refractivity contribution in [3.63, 3.8) is 0 Å². The third-order valence-corrected chi connectivity index (χ3v) is 112. The van der Waals surface area contributed by atoms with Gasteiger partial charge in [0.05, 0.1) is 0 Å². The summed E-state index contributed by atoms with van der Waals surface area (Å²) in [6.07, 6.45) is 49.0. The number of hydrogen-bond acceptors (Lipinski definition) is 4. The molecule has 2 aliphatic heterocycles. The Morgan fingerprint density at radius 1 is 0.320 bits per heavy atom. The van der Waals surface area contributed by atoms with E-state index >= 15 is 0 Å². The molecule has 5 spiro atoms. The van der Waals surface area contributed by atoms with E-state index in [1.165, 1.54) is 66.9 Å². The number of fused-ring (bicyclic) bond motifs is 12. The molecule has 0 bridgehead atoms. The summed E-state index contributed by atoms with van der Waals surface area (Å²) in [6, 6.07) is 53.4. The van der Waals surface area contributed by atoms with Gasteiger partial charge in [0.25, 0.3) is 0 Å². The summed E-state index contributed by atoms with van der Waals surface area (Å²) in [5.41, 5.74) is 20.0. The predicted molar refractivity (Wildman–Crippen MR) is 436 cm³/mol. The average Bonchev–Trinajstić information content (AvgIpc) is 1.51. The molecule has 8 aromatic carbocycles. The quantitative estimate of drug-likeness (QED) is 0.114. The first-order valence-electron chi connectivity index (χ1n) is 37.5. The Morgan fingerprint density at radius 2 is 0.544 bits per heavy atom. The summed E-state index contributed by atoms with van der Waals surface area (Å²) in [7, 11) is 18.0. The monoisotopic (exact) mass is 1500 g/mol. The van der Waals surface area contributed by atoms with Gasteiger partial charge in [-0.3, -0.25) is 0 Å². The van der Waals surface area contributed by atoms with Gasteiger partial charge in [0.1, 0.15) is 0 Å². The van der Waals surface area contributed by atoms with Gasteiger partial charge in [-0.2, -0.15) is 0 Å². The van der Waals surface area contributed by atoms with E-state index < -0.39 is 43.5 Å².